The Kier molecular flexibility index (Phi) is 37.3. The number of nitrogens with one attached hydrogen (secondary N) is 1. The highest BCUT2D eigenvalue weighted by Crippen LogP contribution is 2.43. The lowest BCUT2D eigenvalue weighted by molar-refractivity contribution is 0.101. The molecule has 7 aromatic heterocycles. The molecule has 22 aromatic rings. The van der Waals surface area contributed by atoms with Gasteiger partial charge in [-0.1, -0.05) is 383 Å². The average Bonchev–Trinajstić information content (AvgIpc) is 1.58. The van der Waals surface area contributed by atoms with Crippen molar-refractivity contribution in [3.63, 3.8) is 0 Å². The number of Topliss-reactive ketones (excluding diaryl/α,β-unsaturated/α-hetero) is 1. The summed E-state index contributed by atoms with van der Waals surface area (Å²) in [6.07, 6.45) is 12.0. The van der Waals surface area contributed by atoms with Crippen LogP contribution in [0.3, 0.4) is 0 Å². The molecule has 19 heteroatoms. The fourth-order valence-electron chi connectivity index (χ4n) is 16.1. The number of carbonyl (C=O) groups is 3. The van der Waals surface area contributed by atoms with E-state index in [-0.39, 0.29) is 45.6 Å². The standard InChI is InChI=1S/C45H30N4.C25H18.C21H14BrN3.C14H10BrNO.C7H5BrO.C7H8N2.C7H7NO.CH4.B.ClH/c1-4-12-31(13-5-1)35-21-25-43-38(28-35)39-29-36(32-14-6-2-7-15-32)22-26-44(39)49(43)37-23-19-33(20-24-37)41-30-42(40-18-10-11-27-46-40)48-45(47-41)34-16-8-3-9-17-34;1-3-7-18(8-4-1)20-11-13-22-15-23-14-12-21(17-25(23)24(22)16-20)19-9-5-2-6-10-19;22-17-11-9-15(10-12-17)19-14-20(18-8-4-5-13-23-18)25-21(24-19)16-6-2-1-3-7-16;15-12-7-4-11(5-8-12)6-9-14(17)13-3-1-2-10-16-13;8-7-3-1-6(5-9)2-4-7;8-7(9)6-4-2-1-3-5-6;1-6(9)7-4-2-3-5-8-7;;;/h1-30H;1-14,16-17H,15H2;1-14H;1-10H;1-5H;1-5H,(H3,8,9);2-5H,1H3;1H4;;1H/b;;;9-6+;;;;;;. The molecule has 1 aliphatic rings. The number of nitrogen functional groups attached to an aromatic ring is 1. The number of rotatable bonds is 17. The second-order valence-corrected chi connectivity index (χ2v) is 35.8. The van der Waals surface area contributed by atoms with Gasteiger partial charge in [-0.2, -0.15) is 0 Å². The minimum Gasteiger partial charge on any atom is -0.384 e. The summed E-state index contributed by atoms with van der Waals surface area (Å²) >= 11 is 10.1. The van der Waals surface area contributed by atoms with E-state index in [2.05, 4.69) is 291 Å². The molecule has 0 bridgehead atoms. The third kappa shape index (κ3) is 27.6. The number of halogens is 4. The summed E-state index contributed by atoms with van der Waals surface area (Å²) in [4.78, 5) is 68.7. The number of aromatic nitrogens is 9. The number of aldehydes is 1. The van der Waals surface area contributed by atoms with Gasteiger partial charge in [0.05, 0.1) is 45.2 Å². The summed E-state index contributed by atoms with van der Waals surface area (Å²) in [6.45, 7) is 1.50. The van der Waals surface area contributed by atoms with Crippen LogP contribution in [-0.2, 0) is 6.42 Å². The van der Waals surface area contributed by atoms with Crippen LogP contribution in [-0.4, -0.2) is 76.5 Å². The number of allylic oxidation sites excluding steroid dienone is 1. The summed E-state index contributed by atoms with van der Waals surface area (Å²) in [6, 6.07) is 157. The molecule has 0 atom stereocenters. The summed E-state index contributed by atoms with van der Waals surface area (Å²) < 4.78 is 5.42. The van der Waals surface area contributed by atoms with Crippen molar-refractivity contribution in [2.24, 2.45) is 5.73 Å². The molecule has 709 valence electrons. The molecule has 0 saturated heterocycles. The summed E-state index contributed by atoms with van der Waals surface area (Å²) in [7, 11) is 0. The minimum atomic E-state index is -0.0893. The molecule has 1 aliphatic carbocycles. The van der Waals surface area contributed by atoms with Crippen LogP contribution in [0.15, 0.2) is 511 Å². The lowest BCUT2D eigenvalue weighted by Gasteiger charge is -2.11. The normalized spacial score (nSPS) is 10.5. The maximum atomic E-state index is 11.7. The highest BCUT2D eigenvalue weighted by molar-refractivity contribution is 9.11. The second kappa shape index (κ2) is 52.0. The monoisotopic (exact) mass is 2110 g/mol. The molecule has 0 unspecified atom stereocenters. The SMILES string of the molecule is Brc1ccc(-c2cc(-c3ccccn3)nc(-c3ccccc3)n2)cc1.C.CC(=O)c1ccccn1.Cl.N=C(N)c1ccccc1.O=C(/C=C/c1ccc(Br)cc1)c1ccccn1.O=Cc1ccc(Br)cc1.[B].c1ccc(-c2ccc3c(c2)-c2cc(-c4ccccc4)ccc2C3)cc1.c1ccc(-c2ccc3c(c2)c2cc(-c4ccccc4)ccc2n3-c2ccc(-c3cc(-c4ccccn4)nc(-c4ccccc4)n3)cc2)cc1. The molecule has 14 nitrogen and oxygen atoms in total. The van der Waals surface area contributed by atoms with Gasteiger partial charge in [0, 0.05) is 103 Å². The maximum Gasteiger partial charge on any atom is 0.204 e. The smallest absolute Gasteiger partial charge is 0.204 e. The van der Waals surface area contributed by atoms with E-state index in [1.54, 1.807) is 79.4 Å². The highest BCUT2D eigenvalue weighted by Gasteiger charge is 2.22. The van der Waals surface area contributed by atoms with E-state index in [0.29, 0.717) is 28.6 Å². The Balaban J connectivity index is 0.000000148. The number of pyridine rings is 4. The fraction of sp³-hybridized carbons (Fsp3) is 0.0236. The van der Waals surface area contributed by atoms with Gasteiger partial charge in [0.15, 0.2) is 17.4 Å². The largest absolute Gasteiger partial charge is 0.384 e. The van der Waals surface area contributed by atoms with Crippen LogP contribution in [0.25, 0.3) is 157 Å². The predicted molar refractivity (Wildman–Crippen MR) is 613 cm³/mol. The minimum absolute atomic E-state index is 0. The van der Waals surface area contributed by atoms with Gasteiger partial charge in [0.2, 0.25) is 5.78 Å². The molecule has 0 spiro atoms. The first kappa shape index (κ1) is 105. The first-order chi connectivity index (χ1) is 70.1. The molecule has 3 N–H and O–H groups in total. The van der Waals surface area contributed by atoms with Crippen molar-refractivity contribution >= 4 is 120 Å². The molecule has 0 aliphatic heterocycles. The van der Waals surface area contributed by atoms with Gasteiger partial charge in [0.1, 0.15) is 23.5 Å². The van der Waals surface area contributed by atoms with Crippen molar-refractivity contribution in [2.45, 2.75) is 20.8 Å². The van der Waals surface area contributed by atoms with E-state index in [1.807, 2.05) is 200 Å². The van der Waals surface area contributed by atoms with Gasteiger partial charge in [0.25, 0.3) is 0 Å². The van der Waals surface area contributed by atoms with E-state index in [1.165, 1.54) is 102 Å². The number of hydrogen-bond donors (Lipinski definition) is 2. The zero-order valence-electron chi connectivity index (χ0n) is 78.7. The van der Waals surface area contributed by atoms with Crippen LogP contribution in [0.2, 0.25) is 0 Å². The van der Waals surface area contributed by atoms with Crippen LogP contribution in [0, 0.1) is 5.41 Å². The van der Waals surface area contributed by atoms with E-state index in [4.69, 9.17) is 31.1 Å². The third-order valence-electron chi connectivity index (χ3n) is 23.3. The van der Waals surface area contributed by atoms with Crippen molar-refractivity contribution < 1.29 is 14.4 Å². The van der Waals surface area contributed by atoms with Crippen molar-refractivity contribution in [3.8, 4) is 129 Å². The van der Waals surface area contributed by atoms with Crippen LogP contribution >= 0.6 is 60.2 Å². The summed E-state index contributed by atoms with van der Waals surface area (Å²) in [5, 5.41) is 9.46. The van der Waals surface area contributed by atoms with E-state index in [9.17, 15) is 14.4 Å². The predicted octanol–water partition coefficient (Wildman–Crippen LogP) is 32.5. The molecule has 7 heterocycles. The van der Waals surface area contributed by atoms with E-state index >= 15 is 0 Å². The fourth-order valence-corrected chi connectivity index (χ4v) is 16.9. The van der Waals surface area contributed by atoms with E-state index in [0.717, 1.165) is 99.4 Å². The summed E-state index contributed by atoms with van der Waals surface area (Å²) in [5.41, 5.74) is 36.6. The Morgan fingerprint density at radius 3 is 0.993 bits per heavy atom. The molecular weight excluding hydrogens is 2010 g/mol. The average molecular weight is 2110 g/mol. The Morgan fingerprint density at radius 1 is 0.322 bits per heavy atom. The van der Waals surface area contributed by atoms with Gasteiger partial charge < -0.3 is 10.3 Å². The molecule has 146 heavy (non-hydrogen) atoms. The van der Waals surface area contributed by atoms with Gasteiger partial charge in [-0.05, 0) is 230 Å². The maximum absolute atomic E-state index is 11.7. The molecule has 0 fully saturated rings. The van der Waals surface area contributed by atoms with Crippen LogP contribution in [0.4, 0.5) is 0 Å². The second-order valence-electron chi connectivity index (χ2n) is 33.0. The number of nitrogens with two attached hydrogens (primary N) is 1. The summed E-state index contributed by atoms with van der Waals surface area (Å²) in [5.74, 6) is 1.41. The molecule has 15 aromatic carbocycles. The number of ketones is 2. The van der Waals surface area contributed by atoms with Crippen LogP contribution < -0.4 is 5.73 Å². The quantitative estimate of drug-likeness (QED) is 0.0218. The number of fused-ring (bicyclic) bond motifs is 6. The number of amidine groups is 1. The Labute approximate surface area is 883 Å². The molecule has 0 saturated carbocycles. The topological polar surface area (TPSA) is 209 Å². The Morgan fingerprint density at radius 2 is 0.644 bits per heavy atom. The van der Waals surface area contributed by atoms with Crippen molar-refractivity contribution in [1.29, 1.82) is 5.41 Å². The van der Waals surface area contributed by atoms with Crippen molar-refractivity contribution in [1.82, 2.24) is 44.4 Å². The van der Waals surface area contributed by atoms with Gasteiger partial charge in [-0.3, -0.25) is 39.7 Å². The lowest BCUT2D eigenvalue weighted by Crippen LogP contribution is -2.10. The Bertz CT molecular complexity index is 7750. The van der Waals surface area contributed by atoms with Crippen LogP contribution in [0.5, 0.6) is 0 Å². The molecule has 3 radical (unpaired) electrons. The van der Waals surface area contributed by atoms with Gasteiger partial charge in [-0.15, -0.1) is 12.4 Å². The molecule has 23 rings (SSSR count). The first-order valence-electron chi connectivity index (χ1n) is 46.2. The molecule has 0 amide bonds. The zero-order chi connectivity index (χ0) is 98.4. The number of carbonyl (C=O) groups excluding carboxylic acids is 3. The molecular formula is C127H97BBr3ClN11O3. The Hall–Kier alpha value is -17.1. The first-order valence-corrected chi connectivity index (χ1v) is 48.6. The van der Waals surface area contributed by atoms with Gasteiger partial charge in [-0.25, -0.2) is 19.9 Å². The third-order valence-corrected chi connectivity index (χ3v) is 24.9. The van der Waals surface area contributed by atoms with Crippen molar-refractivity contribution in [2.75, 3.05) is 0 Å². The van der Waals surface area contributed by atoms with Gasteiger partial charge >= 0.3 is 0 Å². The van der Waals surface area contributed by atoms with Crippen molar-refractivity contribution in [3.05, 3.63) is 551 Å². The number of hydrogen-bond acceptors (Lipinski definition) is 12. The highest BCUT2D eigenvalue weighted by atomic mass is 79.9. The van der Waals surface area contributed by atoms with E-state index < -0.39 is 0 Å². The lowest BCUT2D eigenvalue weighted by atomic mass is 9.96. The van der Waals surface area contributed by atoms with Crippen LogP contribution in [0.1, 0.15) is 67.9 Å². The number of benzene rings is 15. The number of nitrogens with zero attached hydrogens (tertiary/aromatic N) is 9. The zero-order valence-corrected chi connectivity index (χ0v) is 84.2.